The van der Waals surface area contributed by atoms with Crippen LogP contribution in [0.3, 0.4) is 0 Å². The zero-order valence-corrected chi connectivity index (χ0v) is 11.5. The zero-order chi connectivity index (χ0) is 12.5. The minimum atomic E-state index is 0.173. The Labute approximate surface area is 105 Å². The molecule has 0 aromatic rings. The highest BCUT2D eigenvalue weighted by Gasteiger charge is 2.31. The maximum atomic E-state index is 12.2. The van der Waals surface area contributed by atoms with Gasteiger partial charge in [0.05, 0.1) is 0 Å². The zero-order valence-electron chi connectivity index (χ0n) is 11.5. The summed E-state index contributed by atoms with van der Waals surface area (Å²) in [7, 11) is 0. The fraction of sp³-hybridized carbons (Fsp3) is 0.800. The van der Waals surface area contributed by atoms with E-state index in [0.29, 0.717) is 5.78 Å². The van der Waals surface area contributed by atoms with Crippen LogP contribution in [-0.4, -0.2) is 30.3 Å². The Bertz CT molecular complexity index is 335. The van der Waals surface area contributed by atoms with Crippen LogP contribution < -0.4 is 0 Å². The molecule has 2 nitrogen and oxygen atoms in total. The van der Waals surface area contributed by atoms with Gasteiger partial charge >= 0.3 is 0 Å². The molecule has 2 rings (SSSR count). The van der Waals surface area contributed by atoms with E-state index >= 15 is 0 Å². The molecule has 1 heterocycles. The Hall–Kier alpha value is -0.630. The van der Waals surface area contributed by atoms with Gasteiger partial charge in [0.15, 0.2) is 5.78 Å². The molecule has 0 amide bonds. The van der Waals surface area contributed by atoms with Gasteiger partial charge in [0.2, 0.25) is 0 Å². The third-order valence-electron chi connectivity index (χ3n) is 4.06. The SMILES string of the molecule is CC1=C(CN2CCCCC2)C(=O)CC(C)(C)C1. The van der Waals surface area contributed by atoms with E-state index in [9.17, 15) is 4.79 Å². The van der Waals surface area contributed by atoms with E-state index in [2.05, 4.69) is 25.7 Å². The average Bonchev–Trinajstić information content (AvgIpc) is 2.24. The van der Waals surface area contributed by atoms with Crippen LogP contribution in [0.15, 0.2) is 11.1 Å². The first kappa shape index (κ1) is 12.8. The summed E-state index contributed by atoms with van der Waals surface area (Å²) in [6, 6.07) is 0. The topological polar surface area (TPSA) is 20.3 Å². The van der Waals surface area contributed by atoms with Gasteiger partial charge in [0, 0.05) is 18.5 Å². The highest BCUT2D eigenvalue weighted by Crippen LogP contribution is 2.36. The molecule has 0 N–H and O–H groups in total. The van der Waals surface area contributed by atoms with Crippen molar-refractivity contribution in [3.63, 3.8) is 0 Å². The quantitative estimate of drug-likeness (QED) is 0.732. The second-order valence-electron chi connectivity index (χ2n) is 6.54. The first-order valence-electron chi connectivity index (χ1n) is 6.92. The molecule has 17 heavy (non-hydrogen) atoms. The number of Topliss-reactive ketones (excluding diaryl/α,β-unsaturated/α-hetero) is 1. The first-order valence-corrected chi connectivity index (χ1v) is 6.92. The summed E-state index contributed by atoms with van der Waals surface area (Å²) in [5, 5.41) is 0. The molecule has 0 atom stereocenters. The minimum absolute atomic E-state index is 0.173. The summed E-state index contributed by atoms with van der Waals surface area (Å²) in [5.74, 6) is 0.393. The molecule has 2 aliphatic rings. The van der Waals surface area contributed by atoms with Crippen LogP contribution in [0.25, 0.3) is 0 Å². The van der Waals surface area contributed by atoms with Crippen LogP contribution in [0.1, 0.15) is 52.9 Å². The molecule has 0 saturated carbocycles. The van der Waals surface area contributed by atoms with Gasteiger partial charge in [0.25, 0.3) is 0 Å². The van der Waals surface area contributed by atoms with Gasteiger partial charge in [-0.3, -0.25) is 9.69 Å². The van der Waals surface area contributed by atoms with Crippen molar-refractivity contribution in [3.05, 3.63) is 11.1 Å². The molecule has 0 aromatic heterocycles. The standard InChI is InChI=1S/C15H25NO/c1-12-9-15(2,3)10-14(17)13(12)11-16-7-5-4-6-8-16/h4-11H2,1-3H3. The summed E-state index contributed by atoms with van der Waals surface area (Å²) < 4.78 is 0. The lowest BCUT2D eigenvalue weighted by Crippen LogP contribution is -2.36. The number of hydrogen-bond acceptors (Lipinski definition) is 2. The van der Waals surface area contributed by atoms with Gasteiger partial charge in [-0.05, 0) is 44.7 Å². The number of nitrogens with zero attached hydrogens (tertiary/aromatic N) is 1. The molecule has 2 heteroatoms. The monoisotopic (exact) mass is 235 g/mol. The van der Waals surface area contributed by atoms with Crippen molar-refractivity contribution in [2.75, 3.05) is 19.6 Å². The van der Waals surface area contributed by atoms with Gasteiger partial charge in [-0.2, -0.15) is 0 Å². The summed E-state index contributed by atoms with van der Waals surface area (Å²) >= 11 is 0. The fourth-order valence-electron chi connectivity index (χ4n) is 3.23. The Morgan fingerprint density at radius 2 is 1.76 bits per heavy atom. The van der Waals surface area contributed by atoms with Crippen molar-refractivity contribution < 1.29 is 4.79 Å². The molecule has 1 aliphatic heterocycles. The lowest BCUT2D eigenvalue weighted by Gasteiger charge is -2.34. The average molecular weight is 235 g/mol. The Morgan fingerprint density at radius 3 is 2.35 bits per heavy atom. The lowest BCUT2D eigenvalue weighted by atomic mass is 9.74. The largest absolute Gasteiger partial charge is 0.299 e. The van der Waals surface area contributed by atoms with Gasteiger partial charge in [0.1, 0.15) is 0 Å². The summed E-state index contributed by atoms with van der Waals surface area (Å²) in [5.41, 5.74) is 2.62. The number of allylic oxidation sites excluding steroid dienone is 1. The molecule has 1 saturated heterocycles. The number of carbonyl (C=O) groups excluding carboxylic acids is 1. The number of rotatable bonds is 2. The van der Waals surface area contributed by atoms with E-state index in [1.165, 1.54) is 37.9 Å². The third kappa shape index (κ3) is 3.19. The van der Waals surface area contributed by atoms with Crippen molar-refractivity contribution in [1.82, 2.24) is 4.90 Å². The molecule has 0 spiro atoms. The Kier molecular flexibility index (Phi) is 3.72. The third-order valence-corrected chi connectivity index (χ3v) is 4.06. The highest BCUT2D eigenvalue weighted by atomic mass is 16.1. The van der Waals surface area contributed by atoms with Crippen LogP contribution in [0.5, 0.6) is 0 Å². The van der Waals surface area contributed by atoms with Crippen molar-refractivity contribution in [2.24, 2.45) is 5.41 Å². The molecule has 0 aromatic carbocycles. The van der Waals surface area contributed by atoms with Gasteiger partial charge < -0.3 is 0 Å². The smallest absolute Gasteiger partial charge is 0.160 e. The van der Waals surface area contributed by atoms with E-state index < -0.39 is 0 Å². The van der Waals surface area contributed by atoms with E-state index in [4.69, 9.17) is 0 Å². The van der Waals surface area contributed by atoms with Crippen LogP contribution in [0.4, 0.5) is 0 Å². The van der Waals surface area contributed by atoms with Crippen LogP contribution in [0.2, 0.25) is 0 Å². The second kappa shape index (κ2) is 4.93. The number of carbonyl (C=O) groups is 1. The molecule has 0 radical (unpaired) electrons. The van der Waals surface area contributed by atoms with E-state index in [-0.39, 0.29) is 5.41 Å². The molecule has 0 unspecified atom stereocenters. The van der Waals surface area contributed by atoms with E-state index in [1.807, 2.05) is 0 Å². The van der Waals surface area contributed by atoms with Gasteiger partial charge in [-0.15, -0.1) is 0 Å². The minimum Gasteiger partial charge on any atom is -0.299 e. The number of piperidine rings is 1. The van der Waals surface area contributed by atoms with Crippen molar-refractivity contribution in [1.29, 1.82) is 0 Å². The molecule has 96 valence electrons. The predicted octanol–water partition coefficient (Wildman–Crippen LogP) is 3.18. The van der Waals surface area contributed by atoms with Crippen molar-refractivity contribution >= 4 is 5.78 Å². The number of likely N-dealkylation sites (tertiary alicyclic amines) is 1. The molecule has 0 bridgehead atoms. The van der Waals surface area contributed by atoms with Gasteiger partial charge in [-0.25, -0.2) is 0 Å². The first-order chi connectivity index (χ1) is 7.98. The molecule has 1 fully saturated rings. The van der Waals surface area contributed by atoms with E-state index in [0.717, 1.165) is 25.0 Å². The Balaban J connectivity index is 2.06. The maximum Gasteiger partial charge on any atom is 0.160 e. The molecular formula is C15H25NO. The fourth-order valence-corrected chi connectivity index (χ4v) is 3.23. The number of hydrogen-bond donors (Lipinski definition) is 0. The predicted molar refractivity (Wildman–Crippen MR) is 71.0 cm³/mol. The second-order valence-corrected chi connectivity index (χ2v) is 6.54. The van der Waals surface area contributed by atoms with Crippen LogP contribution in [-0.2, 0) is 4.79 Å². The Morgan fingerprint density at radius 1 is 1.12 bits per heavy atom. The van der Waals surface area contributed by atoms with Crippen LogP contribution >= 0.6 is 0 Å². The summed E-state index contributed by atoms with van der Waals surface area (Å²) in [6.45, 7) is 9.80. The highest BCUT2D eigenvalue weighted by molar-refractivity contribution is 5.97. The van der Waals surface area contributed by atoms with Crippen molar-refractivity contribution in [2.45, 2.75) is 52.9 Å². The molecule has 1 aliphatic carbocycles. The normalized spacial score (nSPS) is 26.4. The van der Waals surface area contributed by atoms with Gasteiger partial charge in [-0.1, -0.05) is 25.8 Å². The van der Waals surface area contributed by atoms with Crippen LogP contribution in [0, 0.1) is 5.41 Å². The lowest BCUT2D eigenvalue weighted by molar-refractivity contribution is -0.118. The summed E-state index contributed by atoms with van der Waals surface area (Å²) in [4.78, 5) is 14.7. The molecular weight excluding hydrogens is 210 g/mol. The van der Waals surface area contributed by atoms with E-state index in [1.54, 1.807) is 0 Å². The summed E-state index contributed by atoms with van der Waals surface area (Å²) in [6.07, 6.45) is 5.77. The maximum absolute atomic E-state index is 12.2. The number of ketones is 1. The van der Waals surface area contributed by atoms with Crippen molar-refractivity contribution in [3.8, 4) is 0 Å².